The summed E-state index contributed by atoms with van der Waals surface area (Å²) in [4.78, 5) is 13.5. The summed E-state index contributed by atoms with van der Waals surface area (Å²) >= 11 is 0. The molecule has 1 saturated heterocycles. The van der Waals surface area contributed by atoms with E-state index in [2.05, 4.69) is 17.3 Å². The first-order chi connectivity index (χ1) is 9.99. The first kappa shape index (κ1) is 15.6. The van der Waals surface area contributed by atoms with Crippen LogP contribution < -0.4 is 11.1 Å². The molecule has 1 aromatic rings. The van der Waals surface area contributed by atoms with E-state index in [1.165, 1.54) is 12.1 Å². The van der Waals surface area contributed by atoms with Gasteiger partial charge in [-0.2, -0.15) is 0 Å². The number of carbonyl (C=O) groups is 1. The van der Waals surface area contributed by atoms with Crippen LogP contribution in [-0.4, -0.2) is 42.7 Å². The van der Waals surface area contributed by atoms with Crippen molar-refractivity contribution in [3.63, 3.8) is 0 Å². The lowest BCUT2D eigenvalue weighted by Crippen LogP contribution is -2.30. The maximum Gasteiger partial charge on any atom is 0.340 e. The van der Waals surface area contributed by atoms with Crippen LogP contribution in [-0.2, 0) is 0 Å². The van der Waals surface area contributed by atoms with Crippen LogP contribution in [0, 0.1) is 11.7 Å². The smallest absolute Gasteiger partial charge is 0.340 e. The Balaban J connectivity index is 1.94. The molecule has 1 heterocycles. The Morgan fingerprint density at radius 2 is 2.14 bits per heavy atom. The van der Waals surface area contributed by atoms with Gasteiger partial charge in [-0.05, 0) is 57.5 Å². The number of rotatable bonds is 5. The fourth-order valence-electron chi connectivity index (χ4n) is 2.73. The van der Waals surface area contributed by atoms with Crippen molar-refractivity contribution in [1.29, 1.82) is 0 Å². The SMILES string of the molecule is CN1CCC(CCNc2ccc(F)c(N)c2C(=O)O)CC1. The number of aromatic carboxylic acids is 1. The molecule has 6 heteroatoms. The van der Waals surface area contributed by atoms with E-state index >= 15 is 0 Å². The molecule has 0 atom stereocenters. The molecule has 0 amide bonds. The predicted molar refractivity (Wildman–Crippen MR) is 81.1 cm³/mol. The van der Waals surface area contributed by atoms with E-state index in [0.29, 0.717) is 18.2 Å². The Kier molecular flexibility index (Phi) is 5.01. The van der Waals surface area contributed by atoms with Crippen molar-refractivity contribution in [3.05, 3.63) is 23.5 Å². The maximum atomic E-state index is 13.3. The summed E-state index contributed by atoms with van der Waals surface area (Å²) in [6.07, 6.45) is 3.30. The minimum Gasteiger partial charge on any atom is -0.478 e. The highest BCUT2D eigenvalue weighted by Crippen LogP contribution is 2.26. The number of benzene rings is 1. The molecule has 21 heavy (non-hydrogen) atoms. The number of hydrogen-bond acceptors (Lipinski definition) is 4. The van der Waals surface area contributed by atoms with Crippen LogP contribution in [0.4, 0.5) is 15.8 Å². The Hall–Kier alpha value is -1.82. The van der Waals surface area contributed by atoms with E-state index in [9.17, 15) is 9.18 Å². The summed E-state index contributed by atoms with van der Waals surface area (Å²) in [6.45, 7) is 2.88. The third kappa shape index (κ3) is 3.85. The molecule has 0 aliphatic carbocycles. The van der Waals surface area contributed by atoms with Crippen molar-refractivity contribution < 1.29 is 14.3 Å². The number of carboxylic acids is 1. The van der Waals surface area contributed by atoms with Gasteiger partial charge in [-0.3, -0.25) is 0 Å². The molecule has 1 aromatic carbocycles. The second kappa shape index (κ2) is 6.76. The average Bonchev–Trinajstić information content (AvgIpc) is 2.44. The van der Waals surface area contributed by atoms with Gasteiger partial charge in [-0.1, -0.05) is 0 Å². The molecule has 0 radical (unpaired) electrons. The molecular weight excluding hydrogens is 273 g/mol. The highest BCUT2D eigenvalue weighted by Gasteiger charge is 2.19. The molecule has 1 aliphatic heterocycles. The van der Waals surface area contributed by atoms with Gasteiger partial charge in [0.05, 0.1) is 11.4 Å². The summed E-state index contributed by atoms with van der Waals surface area (Å²) in [5.74, 6) is -1.26. The van der Waals surface area contributed by atoms with Gasteiger partial charge in [0.1, 0.15) is 11.4 Å². The van der Waals surface area contributed by atoms with Crippen LogP contribution in [0.15, 0.2) is 12.1 Å². The van der Waals surface area contributed by atoms with E-state index in [4.69, 9.17) is 10.8 Å². The molecule has 4 N–H and O–H groups in total. The summed E-state index contributed by atoms with van der Waals surface area (Å²) < 4.78 is 13.3. The van der Waals surface area contributed by atoms with Crippen LogP contribution in [0.2, 0.25) is 0 Å². The van der Waals surface area contributed by atoms with E-state index < -0.39 is 11.8 Å². The average molecular weight is 295 g/mol. The van der Waals surface area contributed by atoms with Gasteiger partial charge in [-0.25, -0.2) is 9.18 Å². The molecule has 1 fully saturated rings. The maximum absolute atomic E-state index is 13.3. The zero-order chi connectivity index (χ0) is 15.4. The van der Waals surface area contributed by atoms with Crippen molar-refractivity contribution >= 4 is 17.3 Å². The Labute approximate surface area is 123 Å². The van der Waals surface area contributed by atoms with Crippen LogP contribution in [0.1, 0.15) is 29.6 Å². The number of likely N-dealkylation sites (tertiary alicyclic amines) is 1. The molecule has 0 spiro atoms. The Morgan fingerprint density at radius 1 is 1.48 bits per heavy atom. The first-order valence-corrected chi connectivity index (χ1v) is 7.22. The number of anilines is 2. The van der Waals surface area contributed by atoms with Gasteiger partial charge in [-0.15, -0.1) is 0 Å². The van der Waals surface area contributed by atoms with Gasteiger partial charge in [0.25, 0.3) is 0 Å². The van der Waals surface area contributed by atoms with Crippen LogP contribution in [0.25, 0.3) is 0 Å². The second-order valence-electron chi connectivity index (χ2n) is 5.65. The molecule has 0 aromatic heterocycles. The number of hydrogen-bond donors (Lipinski definition) is 3. The van der Waals surface area contributed by atoms with Gasteiger partial charge < -0.3 is 21.1 Å². The topological polar surface area (TPSA) is 78.6 Å². The number of nitrogens with two attached hydrogens (primary N) is 1. The third-order valence-corrected chi connectivity index (χ3v) is 4.11. The highest BCUT2D eigenvalue weighted by molar-refractivity contribution is 6.00. The molecule has 116 valence electrons. The molecule has 0 saturated carbocycles. The molecule has 2 rings (SSSR count). The van der Waals surface area contributed by atoms with Gasteiger partial charge >= 0.3 is 5.97 Å². The van der Waals surface area contributed by atoms with Gasteiger partial charge in [0.15, 0.2) is 0 Å². The van der Waals surface area contributed by atoms with E-state index in [1.54, 1.807) is 0 Å². The minimum atomic E-state index is -1.21. The lowest BCUT2D eigenvalue weighted by Gasteiger charge is -2.29. The fraction of sp³-hybridized carbons (Fsp3) is 0.533. The normalized spacial score (nSPS) is 16.9. The largest absolute Gasteiger partial charge is 0.478 e. The van der Waals surface area contributed by atoms with Crippen LogP contribution in [0.3, 0.4) is 0 Å². The van der Waals surface area contributed by atoms with E-state index in [0.717, 1.165) is 32.4 Å². The molecule has 0 unspecified atom stereocenters. The number of nitrogen functional groups attached to an aromatic ring is 1. The highest BCUT2D eigenvalue weighted by atomic mass is 19.1. The molecule has 1 aliphatic rings. The standard InChI is InChI=1S/C15H22FN3O2/c1-19-8-5-10(6-9-19)4-7-18-12-3-2-11(16)14(17)13(12)15(20)21/h2-3,10,18H,4-9,17H2,1H3,(H,20,21). The Bertz CT molecular complexity index is 514. The lowest BCUT2D eigenvalue weighted by atomic mass is 9.94. The second-order valence-corrected chi connectivity index (χ2v) is 5.65. The minimum absolute atomic E-state index is 0.182. The van der Waals surface area contributed by atoms with Crippen molar-refractivity contribution in [2.45, 2.75) is 19.3 Å². The third-order valence-electron chi connectivity index (χ3n) is 4.11. The fourth-order valence-corrected chi connectivity index (χ4v) is 2.73. The Morgan fingerprint density at radius 3 is 2.76 bits per heavy atom. The molecule has 0 bridgehead atoms. The summed E-state index contributed by atoms with van der Waals surface area (Å²) in [6, 6.07) is 2.63. The van der Waals surface area contributed by atoms with Crippen molar-refractivity contribution in [2.24, 2.45) is 5.92 Å². The number of halogens is 1. The zero-order valence-corrected chi connectivity index (χ0v) is 12.2. The van der Waals surface area contributed by atoms with Crippen LogP contribution in [0.5, 0.6) is 0 Å². The molecular formula is C15H22FN3O2. The monoisotopic (exact) mass is 295 g/mol. The number of carboxylic acid groups (broad SMARTS) is 1. The zero-order valence-electron chi connectivity index (χ0n) is 12.2. The number of piperidine rings is 1. The summed E-state index contributed by atoms with van der Waals surface area (Å²) in [5, 5.41) is 12.2. The quantitative estimate of drug-likeness (QED) is 0.726. The van der Waals surface area contributed by atoms with Crippen LogP contribution >= 0.6 is 0 Å². The first-order valence-electron chi connectivity index (χ1n) is 7.22. The summed E-state index contributed by atoms with van der Waals surface area (Å²) in [5.41, 5.74) is 5.40. The van der Waals surface area contributed by atoms with Crippen molar-refractivity contribution in [1.82, 2.24) is 4.90 Å². The predicted octanol–water partition coefficient (Wildman–Crippen LogP) is 2.25. The van der Waals surface area contributed by atoms with E-state index in [1.807, 2.05) is 0 Å². The molecule has 5 nitrogen and oxygen atoms in total. The number of nitrogens with zero attached hydrogens (tertiary/aromatic N) is 1. The number of nitrogens with one attached hydrogen (secondary N) is 1. The lowest BCUT2D eigenvalue weighted by molar-refractivity contribution is 0.0698. The van der Waals surface area contributed by atoms with E-state index in [-0.39, 0.29) is 11.3 Å². The summed E-state index contributed by atoms with van der Waals surface area (Å²) in [7, 11) is 2.12. The van der Waals surface area contributed by atoms with Gasteiger partial charge in [0.2, 0.25) is 0 Å². The van der Waals surface area contributed by atoms with Gasteiger partial charge in [0, 0.05) is 6.54 Å². The van der Waals surface area contributed by atoms with Crippen molar-refractivity contribution in [3.8, 4) is 0 Å². The van der Waals surface area contributed by atoms with Crippen molar-refractivity contribution in [2.75, 3.05) is 37.7 Å².